The molecule has 4 aromatic rings. The summed E-state index contributed by atoms with van der Waals surface area (Å²) < 4.78 is 35.0. The van der Waals surface area contributed by atoms with Gasteiger partial charge in [0.25, 0.3) is 10.0 Å². The quantitative estimate of drug-likeness (QED) is 0.173. The zero-order chi connectivity index (χ0) is 33.2. The Labute approximate surface area is 278 Å². The van der Waals surface area contributed by atoms with Crippen LogP contribution in [0, 0.1) is 6.92 Å². The fourth-order valence-electron chi connectivity index (χ4n) is 5.94. The Morgan fingerprint density at radius 2 is 1.45 bits per heavy atom. The number of sulfonamides is 1. The third kappa shape index (κ3) is 8.80. The van der Waals surface area contributed by atoms with Crippen LogP contribution in [0.4, 0.5) is 5.69 Å². The lowest BCUT2D eigenvalue weighted by molar-refractivity contribution is -0.140. The van der Waals surface area contributed by atoms with E-state index in [1.165, 1.54) is 12.1 Å². The summed E-state index contributed by atoms with van der Waals surface area (Å²) in [6.07, 6.45) is 4.18. The van der Waals surface area contributed by atoms with E-state index in [2.05, 4.69) is 5.32 Å². The first-order valence-electron chi connectivity index (χ1n) is 16.2. The van der Waals surface area contributed by atoms with Gasteiger partial charge in [-0.3, -0.25) is 13.9 Å². The van der Waals surface area contributed by atoms with Gasteiger partial charge in [-0.15, -0.1) is 0 Å². The SMILES string of the molecule is CCOc1ccc(N(CC(=O)N(Cc2ccc(C)cc2)[C@@H](Cc2ccccc2)C(=O)NC2CCCC2)S(=O)(=O)c2ccccc2)cc1. The van der Waals surface area contributed by atoms with Gasteiger partial charge in [0, 0.05) is 19.0 Å². The Balaban J connectivity index is 1.55. The van der Waals surface area contributed by atoms with Gasteiger partial charge in [0.2, 0.25) is 11.8 Å². The Morgan fingerprint density at radius 3 is 2.06 bits per heavy atom. The van der Waals surface area contributed by atoms with Crippen LogP contribution >= 0.6 is 0 Å². The number of hydrogen-bond acceptors (Lipinski definition) is 5. The van der Waals surface area contributed by atoms with E-state index in [9.17, 15) is 18.0 Å². The van der Waals surface area contributed by atoms with E-state index in [1.807, 2.05) is 68.4 Å². The fraction of sp³-hybridized carbons (Fsp3) is 0.316. The molecular formula is C38H43N3O5S. The lowest BCUT2D eigenvalue weighted by Crippen LogP contribution is -2.54. The van der Waals surface area contributed by atoms with Crippen molar-refractivity contribution in [2.24, 2.45) is 0 Å². The average Bonchev–Trinajstić information content (AvgIpc) is 3.60. The molecule has 1 aliphatic carbocycles. The van der Waals surface area contributed by atoms with Gasteiger partial charge in [0.05, 0.1) is 17.2 Å². The average molecular weight is 654 g/mol. The van der Waals surface area contributed by atoms with E-state index >= 15 is 0 Å². The minimum Gasteiger partial charge on any atom is -0.494 e. The van der Waals surface area contributed by atoms with Gasteiger partial charge in [-0.1, -0.05) is 91.2 Å². The number of carbonyl (C=O) groups is 2. The number of rotatable bonds is 14. The molecule has 1 aliphatic rings. The number of carbonyl (C=O) groups excluding carboxylic acids is 2. The van der Waals surface area contributed by atoms with Crippen molar-refractivity contribution in [3.63, 3.8) is 0 Å². The molecule has 9 heteroatoms. The second-order valence-corrected chi connectivity index (χ2v) is 13.8. The molecule has 8 nitrogen and oxygen atoms in total. The van der Waals surface area contributed by atoms with Crippen molar-refractivity contribution in [2.45, 2.75) is 69.5 Å². The third-order valence-electron chi connectivity index (χ3n) is 8.49. The van der Waals surface area contributed by atoms with Crippen molar-refractivity contribution in [3.05, 3.63) is 126 Å². The van der Waals surface area contributed by atoms with E-state index < -0.39 is 28.5 Å². The molecule has 0 saturated heterocycles. The van der Waals surface area contributed by atoms with Crippen molar-refractivity contribution in [1.82, 2.24) is 10.2 Å². The maximum absolute atomic E-state index is 14.6. The second kappa shape index (κ2) is 15.8. The molecule has 1 saturated carbocycles. The Bertz CT molecular complexity index is 1710. The Kier molecular flexibility index (Phi) is 11.3. The van der Waals surface area contributed by atoms with Crippen molar-refractivity contribution in [3.8, 4) is 5.75 Å². The van der Waals surface area contributed by atoms with Crippen LogP contribution in [0.25, 0.3) is 0 Å². The highest BCUT2D eigenvalue weighted by Gasteiger charge is 2.35. The largest absolute Gasteiger partial charge is 0.494 e. The Hall–Kier alpha value is -4.63. The van der Waals surface area contributed by atoms with Gasteiger partial charge < -0.3 is 15.0 Å². The van der Waals surface area contributed by atoms with Crippen LogP contribution in [0.2, 0.25) is 0 Å². The van der Waals surface area contributed by atoms with E-state index in [0.29, 0.717) is 18.0 Å². The highest BCUT2D eigenvalue weighted by molar-refractivity contribution is 7.92. The van der Waals surface area contributed by atoms with Crippen LogP contribution in [-0.2, 0) is 32.6 Å². The zero-order valence-electron chi connectivity index (χ0n) is 27.0. The van der Waals surface area contributed by atoms with Crippen LogP contribution in [0.15, 0.2) is 114 Å². The van der Waals surface area contributed by atoms with Crippen LogP contribution < -0.4 is 14.4 Å². The summed E-state index contributed by atoms with van der Waals surface area (Å²) >= 11 is 0. The number of aryl methyl sites for hydroxylation is 1. The Morgan fingerprint density at radius 1 is 0.830 bits per heavy atom. The number of nitrogens with zero attached hydrogens (tertiary/aromatic N) is 2. The molecule has 0 aliphatic heterocycles. The van der Waals surface area contributed by atoms with E-state index in [0.717, 1.165) is 46.7 Å². The summed E-state index contributed by atoms with van der Waals surface area (Å²) in [5, 5.41) is 3.21. The molecule has 5 rings (SSSR count). The summed E-state index contributed by atoms with van der Waals surface area (Å²) in [6, 6.07) is 31.3. The van der Waals surface area contributed by atoms with E-state index in [-0.39, 0.29) is 29.8 Å². The van der Waals surface area contributed by atoms with Crippen LogP contribution in [0.3, 0.4) is 0 Å². The minimum absolute atomic E-state index is 0.0518. The standard InChI is InChI=1S/C38H43N3O5S/c1-3-46-34-24-22-33(23-25-34)41(47(44,45)35-16-8-5-9-17-35)28-37(42)40(27-31-20-18-29(2)19-21-31)36(26-30-12-6-4-7-13-30)38(43)39-32-14-10-11-15-32/h4-9,12-13,16-25,32,36H,3,10-11,14-15,26-28H2,1-2H3,(H,39,43)/t36-/m0/s1. The molecule has 246 valence electrons. The number of ether oxygens (including phenoxy) is 1. The summed E-state index contributed by atoms with van der Waals surface area (Å²) in [6.45, 7) is 3.96. The zero-order valence-corrected chi connectivity index (χ0v) is 27.9. The molecule has 2 amide bonds. The highest BCUT2D eigenvalue weighted by atomic mass is 32.2. The fourth-order valence-corrected chi connectivity index (χ4v) is 7.37. The molecule has 0 aromatic heterocycles. The van der Waals surface area contributed by atoms with Gasteiger partial charge in [-0.2, -0.15) is 0 Å². The van der Waals surface area contributed by atoms with Gasteiger partial charge in [-0.05, 0) is 74.2 Å². The van der Waals surface area contributed by atoms with Gasteiger partial charge >= 0.3 is 0 Å². The predicted octanol–water partition coefficient (Wildman–Crippen LogP) is 6.29. The summed E-state index contributed by atoms with van der Waals surface area (Å²) in [4.78, 5) is 30.4. The first kappa shape index (κ1) is 33.7. The van der Waals surface area contributed by atoms with E-state index in [1.54, 1.807) is 47.4 Å². The minimum atomic E-state index is -4.17. The van der Waals surface area contributed by atoms with Crippen molar-refractivity contribution in [1.29, 1.82) is 0 Å². The molecule has 0 spiro atoms. The number of benzene rings is 4. The molecule has 0 heterocycles. The van der Waals surface area contributed by atoms with Crippen molar-refractivity contribution in [2.75, 3.05) is 17.5 Å². The number of hydrogen-bond donors (Lipinski definition) is 1. The molecule has 4 aromatic carbocycles. The topological polar surface area (TPSA) is 96.0 Å². The highest BCUT2D eigenvalue weighted by Crippen LogP contribution is 2.27. The smallest absolute Gasteiger partial charge is 0.264 e. The first-order valence-corrected chi connectivity index (χ1v) is 17.7. The predicted molar refractivity (Wildman–Crippen MR) is 185 cm³/mol. The number of anilines is 1. The summed E-state index contributed by atoms with van der Waals surface area (Å²) in [5.74, 6) is -0.131. The van der Waals surface area contributed by atoms with E-state index in [4.69, 9.17) is 4.74 Å². The molecule has 1 fully saturated rings. The van der Waals surface area contributed by atoms with Gasteiger partial charge in [-0.25, -0.2) is 8.42 Å². The number of nitrogens with one attached hydrogen (secondary N) is 1. The van der Waals surface area contributed by atoms with Crippen LogP contribution in [0.5, 0.6) is 5.75 Å². The van der Waals surface area contributed by atoms with Crippen molar-refractivity contribution >= 4 is 27.5 Å². The summed E-state index contributed by atoms with van der Waals surface area (Å²) in [5.41, 5.74) is 3.13. The molecule has 1 N–H and O–H groups in total. The third-order valence-corrected chi connectivity index (χ3v) is 10.3. The monoisotopic (exact) mass is 653 g/mol. The van der Waals surface area contributed by atoms with Crippen LogP contribution in [0.1, 0.15) is 49.3 Å². The molecule has 1 atom stereocenters. The maximum atomic E-state index is 14.6. The normalized spacial score (nSPS) is 13.9. The molecule has 0 unspecified atom stereocenters. The molecule has 47 heavy (non-hydrogen) atoms. The first-order chi connectivity index (χ1) is 22.7. The van der Waals surface area contributed by atoms with Gasteiger partial charge in [0.1, 0.15) is 18.3 Å². The van der Waals surface area contributed by atoms with Crippen molar-refractivity contribution < 1.29 is 22.7 Å². The molecule has 0 bridgehead atoms. The molecule has 0 radical (unpaired) electrons. The summed E-state index contributed by atoms with van der Waals surface area (Å²) in [7, 11) is -4.17. The van der Waals surface area contributed by atoms with Crippen LogP contribution in [-0.4, -0.2) is 50.4 Å². The molecular weight excluding hydrogens is 611 g/mol. The lowest BCUT2D eigenvalue weighted by Gasteiger charge is -2.34. The lowest BCUT2D eigenvalue weighted by atomic mass is 10.0. The second-order valence-electron chi connectivity index (χ2n) is 12.0. The maximum Gasteiger partial charge on any atom is 0.264 e. The number of amides is 2. The van der Waals surface area contributed by atoms with Gasteiger partial charge in [0.15, 0.2) is 0 Å².